The number of ether oxygens (including phenoxy) is 1. The van der Waals surface area contributed by atoms with Crippen LogP contribution < -0.4 is 0 Å². The second kappa shape index (κ2) is 4.18. The van der Waals surface area contributed by atoms with Crippen molar-refractivity contribution in [2.45, 2.75) is 108 Å². The zero-order valence-corrected chi connectivity index (χ0v) is 14.5. The molecule has 2 heteroatoms. The molecule has 0 radical (unpaired) electrons. The van der Waals surface area contributed by atoms with Crippen LogP contribution in [0.2, 0.25) is 0 Å². The molecule has 3 spiro atoms. The summed E-state index contributed by atoms with van der Waals surface area (Å²) >= 11 is 0. The summed E-state index contributed by atoms with van der Waals surface area (Å²) in [6, 6.07) is 0. The van der Waals surface area contributed by atoms with Gasteiger partial charge in [0.2, 0.25) is 0 Å². The molecule has 0 aromatic heterocycles. The van der Waals surface area contributed by atoms with Crippen molar-refractivity contribution >= 4 is 0 Å². The molecular weight excluding hydrogens is 284 g/mol. The molecule has 1 heterocycles. The third-order valence-corrected chi connectivity index (χ3v) is 9.93. The van der Waals surface area contributed by atoms with Gasteiger partial charge in [0.15, 0.2) is 0 Å². The Morgan fingerprint density at radius 3 is 2.13 bits per heavy atom. The third kappa shape index (κ3) is 1.43. The predicted octanol–water partition coefficient (Wildman–Crippen LogP) is 4.59. The fourth-order valence-electron chi connectivity index (χ4n) is 9.08. The zero-order valence-electron chi connectivity index (χ0n) is 14.5. The second-order valence-corrected chi connectivity index (χ2v) is 10.2. The topological polar surface area (TPSA) is 32.8 Å². The van der Waals surface area contributed by atoms with Gasteiger partial charge in [-0.15, -0.1) is 0 Å². The molecule has 0 amide bonds. The average Bonchev–Trinajstić information content (AvgIpc) is 3.05. The van der Waals surface area contributed by atoms with E-state index in [0.717, 1.165) is 6.42 Å². The maximum atomic E-state index is 12.2. The Labute approximate surface area is 140 Å². The minimum absolute atomic E-state index is 0.275. The molecule has 5 aliphatic carbocycles. The van der Waals surface area contributed by atoms with Gasteiger partial charge in [0.1, 0.15) is 0 Å². The van der Waals surface area contributed by atoms with Gasteiger partial charge in [-0.1, -0.05) is 32.1 Å². The molecule has 128 valence electrons. The van der Waals surface area contributed by atoms with E-state index in [1.54, 1.807) is 0 Å². The van der Waals surface area contributed by atoms with Crippen molar-refractivity contribution in [3.05, 3.63) is 0 Å². The first-order valence-corrected chi connectivity index (χ1v) is 10.5. The smallest absolute Gasteiger partial charge is 0.0903 e. The van der Waals surface area contributed by atoms with Crippen LogP contribution in [0.4, 0.5) is 0 Å². The van der Waals surface area contributed by atoms with E-state index in [1.165, 1.54) is 83.5 Å². The van der Waals surface area contributed by atoms with E-state index in [1.807, 2.05) is 0 Å². The highest BCUT2D eigenvalue weighted by Crippen LogP contribution is 2.78. The molecule has 2 nitrogen and oxygen atoms in total. The molecule has 5 saturated carbocycles. The molecule has 0 aromatic rings. The van der Waals surface area contributed by atoms with Gasteiger partial charge in [0.25, 0.3) is 0 Å². The number of fused-ring (bicyclic) bond motifs is 2. The van der Waals surface area contributed by atoms with Gasteiger partial charge in [-0.25, -0.2) is 0 Å². The standard InChI is InChI=1S/C21H32O2/c22-21(17-16-15(23-16)14-18(17)6-1-2-7-18)13-12-20(21)11-5-10-19(20)8-3-4-9-19/h15-17,22H,1-14H2/t15?,16-,17+,20+,21+/m1/s1. The molecule has 5 atom stereocenters. The van der Waals surface area contributed by atoms with Crippen molar-refractivity contribution in [1.29, 1.82) is 0 Å². The van der Waals surface area contributed by atoms with E-state index in [-0.39, 0.29) is 11.0 Å². The highest BCUT2D eigenvalue weighted by atomic mass is 16.6. The summed E-state index contributed by atoms with van der Waals surface area (Å²) in [4.78, 5) is 0. The molecule has 1 unspecified atom stereocenters. The largest absolute Gasteiger partial charge is 0.389 e. The molecule has 1 aliphatic heterocycles. The molecule has 23 heavy (non-hydrogen) atoms. The first-order chi connectivity index (χ1) is 11.2. The third-order valence-electron chi connectivity index (χ3n) is 9.93. The van der Waals surface area contributed by atoms with Crippen molar-refractivity contribution in [1.82, 2.24) is 0 Å². The Bertz CT molecular complexity index is 524. The Kier molecular flexibility index (Phi) is 2.57. The van der Waals surface area contributed by atoms with Crippen molar-refractivity contribution in [3.63, 3.8) is 0 Å². The van der Waals surface area contributed by atoms with Gasteiger partial charge >= 0.3 is 0 Å². The van der Waals surface area contributed by atoms with Crippen LogP contribution in [0.5, 0.6) is 0 Å². The van der Waals surface area contributed by atoms with Gasteiger partial charge in [0, 0.05) is 11.3 Å². The average molecular weight is 316 g/mol. The summed E-state index contributed by atoms with van der Waals surface area (Å²) < 4.78 is 6.07. The summed E-state index contributed by atoms with van der Waals surface area (Å²) in [5.41, 5.74) is 0.858. The van der Waals surface area contributed by atoms with Crippen molar-refractivity contribution in [2.24, 2.45) is 22.2 Å². The molecule has 6 aliphatic rings. The highest BCUT2D eigenvalue weighted by Gasteiger charge is 2.78. The van der Waals surface area contributed by atoms with E-state index < -0.39 is 0 Å². The quantitative estimate of drug-likeness (QED) is 0.718. The molecule has 1 N–H and O–H groups in total. The van der Waals surface area contributed by atoms with E-state index in [9.17, 15) is 5.11 Å². The van der Waals surface area contributed by atoms with E-state index in [2.05, 4.69) is 0 Å². The Morgan fingerprint density at radius 2 is 1.43 bits per heavy atom. The van der Waals surface area contributed by atoms with Crippen LogP contribution in [0.25, 0.3) is 0 Å². The molecule has 6 fully saturated rings. The number of rotatable bonds is 1. The molecular formula is C21H32O2. The predicted molar refractivity (Wildman–Crippen MR) is 89.0 cm³/mol. The first kappa shape index (κ1) is 14.1. The number of hydrogen-bond donors (Lipinski definition) is 1. The van der Waals surface area contributed by atoms with Crippen LogP contribution in [0, 0.1) is 22.2 Å². The van der Waals surface area contributed by atoms with E-state index >= 15 is 0 Å². The van der Waals surface area contributed by atoms with Gasteiger partial charge < -0.3 is 9.84 Å². The Balaban J connectivity index is 1.43. The lowest BCUT2D eigenvalue weighted by atomic mass is 9.40. The van der Waals surface area contributed by atoms with E-state index in [0.29, 0.717) is 29.0 Å². The lowest BCUT2D eigenvalue weighted by molar-refractivity contribution is -0.266. The van der Waals surface area contributed by atoms with Crippen LogP contribution >= 0.6 is 0 Å². The van der Waals surface area contributed by atoms with Crippen LogP contribution in [0.15, 0.2) is 0 Å². The fourth-order valence-corrected chi connectivity index (χ4v) is 9.08. The van der Waals surface area contributed by atoms with Crippen molar-refractivity contribution in [3.8, 4) is 0 Å². The first-order valence-electron chi connectivity index (χ1n) is 10.5. The molecule has 1 saturated heterocycles. The lowest BCUT2D eigenvalue weighted by Gasteiger charge is -2.66. The van der Waals surface area contributed by atoms with Crippen molar-refractivity contribution in [2.75, 3.05) is 0 Å². The fraction of sp³-hybridized carbons (Fsp3) is 1.00. The Morgan fingerprint density at radius 1 is 0.739 bits per heavy atom. The van der Waals surface area contributed by atoms with Crippen LogP contribution in [0.3, 0.4) is 0 Å². The van der Waals surface area contributed by atoms with Crippen LogP contribution in [0.1, 0.15) is 89.9 Å². The molecule has 6 rings (SSSR count). The van der Waals surface area contributed by atoms with Crippen LogP contribution in [-0.4, -0.2) is 22.9 Å². The Hall–Kier alpha value is -0.0800. The summed E-state index contributed by atoms with van der Waals surface area (Å²) in [6.45, 7) is 0. The molecule has 0 bridgehead atoms. The van der Waals surface area contributed by atoms with E-state index in [4.69, 9.17) is 4.74 Å². The van der Waals surface area contributed by atoms with Gasteiger partial charge in [-0.2, -0.15) is 0 Å². The normalized spacial score (nSPS) is 54.9. The second-order valence-electron chi connectivity index (χ2n) is 10.2. The monoisotopic (exact) mass is 316 g/mol. The summed E-state index contributed by atoms with van der Waals surface area (Å²) in [6.07, 6.45) is 19.9. The van der Waals surface area contributed by atoms with Gasteiger partial charge in [-0.05, 0) is 68.6 Å². The SMILES string of the molecule is O[C@]1([C@H]2[C@@H]3OC3CC23CCCC3)CC[C@]12CCCC21CCCC1. The zero-order chi connectivity index (χ0) is 15.3. The number of hydrogen-bond acceptors (Lipinski definition) is 2. The maximum Gasteiger partial charge on any atom is 0.0903 e. The summed E-state index contributed by atoms with van der Waals surface area (Å²) in [7, 11) is 0. The minimum Gasteiger partial charge on any atom is -0.389 e. The summed E-state index contributed by atoms with van der Waals surface area (Å²) in [5, 5.41) is 12.2. The van der Waals surface area contributed by atoms with Crippen LogP contribution in [-0.2, 0) is 4.74 Å². The summed E-state index contributed by atoms with van der Waals surface area (Å²) in [5.74, 6) is 0.479. The highest BCUT2D eigenvalue weighted by molar-refractivity contribution is 5.28. The van der Waals surface area contributed by atoms with Gasteiger partial charge in [-0.3, -0.25) is 0 Å². The number of aliphatic hydroxyl groups is 1. The molecule has 0 aromatic carbocycles. The minimum atomic E-state index is -0.381. The van der Waals surface area contributed by atoms with Gasteiger partial charge in [0.05, 0.1) is 17.8 Å². The lowest BCUT2D eigenvalue weighted by Crippen LogP contribution is -2.68. The maximum absolute atomic E-state index is 12.2. The number of epoxide rings is 1. The van der Waals surface area contributed by atoms with Crippen molar-refractivity contribution < 1.29 is 9.84 Å².